The lowest BCUT2D eigenvalue weighted by atomic mass is 10.0. The van der Waals surface area contributed by atoms with Crippen LogP contribution >= 0.6 is 0 Å². The number of nitrogens with two attached hydrogens (primary N) is 1. The Bertz CT molecular complexity index is 613. The summed E-state index contributed by atoms with van der Waals surface area (Å²) in [6.07, 6.45) is 0.629. The van der Waals surface area contributed by atoms with Crippen molar-refractivity contribution in [3.05, 3.63) is 71.0 Å². The van der Waals surface area contributed by atoms with Crippen molar-refractivity contribution < 1.29 is 9.18 Å². The first-order chi connectivity index (χ1) is 10.1. The number of halogens is 1. The highest BCUT2D eigenvalue weighted by molar-refractivity contribution is 5.95. The maximum Gasteiger partial charge on any atom is 0.251 e. The molecule has 2 aromatic rings. The van der Waals surface area contributed by atoms with Gasteiger partial charge in [0.25, 0.3) is 5.91 Å². The Morgan fingerprint density at radius 3 is 2.67 bits per heavy atom. The van der Waals surface area contributed by atoms with Crippen LogP contribution in [0.1, 0.15) is 33.9 Å². The molecule has 1 unspecified atom stereocenters. The lowest BCUT2D eigenvalue weighted by Crippen LogP contribution is -2.27. The third kappa shape index (κ3) is 4.13. The number of amides is 1. The van der Waals surface area contributed by atoms with Crippen LogP contribution in [0.3, 0.4) is 0 Å². The number of benzene rings is 2. The molecule has 1 atom stereocenters. The predicted octanol–water partition coefficient (Wildman–Crippen LogP) is 2.95. The van der Waals surface area contributed by atoms with Gasteiger partial charge in [-0.2, -0.15) is 0 Å². The number of carbonyl (C=O) groups excluding carboxylic acids is 1. The molecule has 0 fully saturated rings. The van der Waals surface area contributed by atoms with Gasteiger partial charge in [0.2, 0.25) is 0 Å². The van der Waals surface area contributed by atoms with Crippen molar-refractivity contribution in [3.63, 3.8) is 0 Å². The summed E-state index contributed by atoms with van der Waals surface area (Å²) < 4.78 is 13.2. The van der Waals surface area contributed by atoms with E-state index in [-0.39, 0.29) is 11.9 Å². The van der Waals surface area contributed by atoms with Gasteiger partial charge in [-0.15, -0.1) is 0 Å². The van der Waals surface area contributed by atoms with Gasteiger partial charge in [-0.3, -0.25) is 4.79 Å². The molecule has 1 amide bonds. The highest BCUT2D eigenvalue weighted by Crippen LogP contribution is 2.13. The predicted molar refractivity (Wildman–Crippen MR) is 81.5 cm³/mol. The zero-order valence-electron chi connectivity index (χ0n) is 12.0. The van der Waals surface area contributed by atoms with Crippen LogP contribution in [0.2, 0.25) is 0 Å². The van der Waals surface area contributed by atoms with Crippen molar-refractivity contribution in [1.82, 2.24) is 5.32 Å². The molecule has 0 aliphatic heterocycles. The lowest BCUT2D eigenvalue weighted by molar-refractivity contribution is 0.0951. The Labute approximate surface area is 124 Å². The largest absolute Gasteiger partial charge is 0.352 e. The van der Waals surface area contributed by atoms with Crippen LogP contribution in [0.5, 0.6) is 0 Å². The SMILES string of the molecule is Cc1ccc(F)cc1C(=O)NCCC(N)c1ccccc1. The van der Waals surface area contributed by atoms with E-state index in [1.165, 1.54) is 12.1 Å². The minimum atomic E-state index is -0.410. The maximum atomic E-state index is 13.2. The Kier molecular flexibility index (Phi) is 5.06. The topological polar surface area (TPSA) is 55.1 Å². The van der Waals surface area contributed by atoms with Crippen LogP contribution in [-0.4, -0.2) is 12.5 Å². The highest BCUT2D eigenvalue weighted by atomic mass is 19.1. The molecular weight excluding hydrogens is 267 g/mol. The van der Waals surface area contributed by atoms with E-state index >= 15 is 0 Å². The minimum absolute atomic E-state index is 0.125. The van der Waals surface area contributed by atoms with Crippen LogP contribution < -0.4 is 11.1 Å². The summed E-state index contributed by atoms with van der Waals surface area (Å²) in [5.41, 5.74) is 8.21. The van der Waals surface area contributed by atoms with Gasteiger partial charge in [0.05, 0.1) is 0 Å². The van der Waals surface area contributed by atoms with Crippen molar-refractivity contribution in [2.45, 2.75) is 19.4 Å². The van der Waals surface area contributed by atoms with E-state index in [2.05, 4.69) is 5.32 Å². The van der Waals surface area contributed by atoms with E-state index in [1.54, 1.807) is 13.0 Å². The molecule has 0 aromatic heterocycles. The van der Waals surface area contributed by atoms with Gasteiger partial charge >= 0.3 is 0 Å². The van der Waals surface area contributed by atoms with E-state index in [1.807, 2.05) is 30.3 Å². The Morgan fingerprint density at radius 1 is 1.24 bits per heavy atom. The molecule has 3 N–H and O–H groups in total. The summed E-state index contributed by atoms with van der Waals surface area (Å²) in [5, 5.41) is 2.78. The summed E-state index contributed by atoms with van der Waals surface area (Å²) in [6, 6.07) is 13.8. The average Bonchev–Trinajstić information content (AvgIpc) is 2.50. The summed E-state index contributed by atoms with van der Waals surface area (Å²) in [7, 11) is 0. The number of hydrogen-bond acceptors (Lipinski definition) is 2. The fourth-order valence-electron chi connectivity index (χ4n) is 2.14. The van der Waals surface area contributed by atoms with Gasteiger partial charge < -0.3 is 11.1 Å². The average molecular weight is 286 g/mol. The van der Waals surface area contributed by atoms with Gasteiger partial charge in [0.15, 0.2) is 0 Å². The van der Waals surface area contributed by atoms with Crippen LogP contribution in [0.15, 0.2) is 48.5 Å². The van der Waals surface area contributed by atoms with Crippen LogP contribution in [0.4, 0.5) is 4.39 Å². The van der Waals surface area contributed by atoms with Crippen molar-refractivity contribution >= 4 is 5.91 Å². The molecule has 4 heteroatoms. The van der Waals surface area contributed by atoms with Crippen molar-refractivity contribution in [1.29, 1.82) is 0 Å². The maximum absolute atomic E-state index is 13.2. The summed E-state index contributed by atoms with van der Waals surface area (Å²) in [6.45, 7) is 2.23. The normalized spacial score (nSPS) is 12.0. The standard InChI is InChI=1S/C17H19FN2O/c1-12-7-8-14(18)11-15(12)17(21)20-10-9-16(19)13-5-3-2-4-6-13/h2-8,11,16H,9-10,19H2,1H3,(H,20,21). The minimum Gasteiger partial charge on any atom is -0.352 e. The second kappa shape index (κ2) is 6.99. The smallest absolute Gasteiger partial charge is 0.251 e. The lowest BCUT2D eigenvalue weighted by Gasteiger charge is -2.13. The molecule has 0 aliphatic carbocycles. The second-order valence-corrected chi connectivity index (χ2v) is 5.02. The van der Waals surface area contributed by atoms with Gasteiger partial charge in [-0.1, -0.05) is 36.4 Å². The van der Waals surface area contributed by atoms with E-state index in [0.29, 0.717) is 18.5 Å². The molecule has 110 valence electrons. The van der Waals surface area contributed by atoms with Gasteiger partial charge in [-0.05, 0) is 36.6 Å². The molecule has 0 radical (unpaired) electrons. The molecule has 2 rings (SSSR count). The van der Waals surface area contributed by atoms with E-state index in [0.717, 1.165) is 11.1 Å². The number of nitrogens with one attached hydrogen (secondary N) is 1. The number of rotatable bonds is 5. The number of aryl methyl sites for hydroxylation is 1. The summed E-state index contributed by atoms with van der Waals surface area (Å²) in [5.74, 6) is -0.681. The van der Waals surface area contributed by atoms with Gasteiger partial charge in [-0.25, -0.2) is 4.39 Å². The molecule has 0 spiro atoms. The highest BCUT2D eigenvalue weighted by Gasteiger charge is 2.11. The third-order valence-corrected chi connectivity index (χ3v) is 3.41. The van der Waals surface area contributed by atoms with Gasteiger partial charge in [0, 0.05) is 18.2 Å². The second-order valence-electron chi connectivity index (χ2n) is 5.02. The molecule has 3 nitrogen and oxygen atoms in total. The number of carbonyl (C=O) groups is 1. The molecule has 0 saturated heterocycles. The number of hydrogen-bond donors (Lipinski definition) is 2. The molecular formula is C17H19FN2O. The Morgan fingerprint density at radius 2 is 1.95 bits per heavy atom. The Hall–Kier alpha value is -2.20. The van der Waals surface area contributed by atoms with Gasteiger partial charge in [0.1, 0.15) is 5.82 Å². The molecule has 2 aromatic carbocycles. The first-order valence-electron chi connectivity index (χ1n) is 6.93. The fourth-order valence-corrected chi connectivity index (χ4v) is 2.14. The van der Waals surface area contributed by atoms with Crippen LogP contribution in [0.25, 0.3) is 0 Å². The molecule has 0 aliphatic rings. The first kappa shape index (κ1) is 15.2. The summed E-state index contributed by atoms with van der Waals surface area (Å²) in [4.78, 5) is 12.0. The Balaban J connectivity index is 1.88. The first-order valence-corrected chi connectivity index (χ1v) is 6.93. The molecule has 0 bridgehead atoms. The monoisotopic (exact) mass is 286 g/mol. The molecule has 0 saturated carbocycles. The van der Waals surface area contributed by atoms with E-state index < -0.39 is 5.82 Å². The van der Waals surface area contributed by atoms with E-state index in [9.17, 15) is 9.18 Å². The fraction of sp³-hybridized carbons (Fsp3) is 0.235. The quantitative estimate of drug-likeness (QED) is 0.888. The molecule has 0 heterocycles. The van der Waals surface area contributed by atoms with Crippen molar-refractivity contribution in [2.24, 2.45) is 5.73 Å². The van der Waals surface area contributed by atoms with Crippen LogP contribution in [0, 0.1) is 12.7 Å². The van der Waals surface area contributed by atoms with Crippen molar-refractivity contribution in [3.8, 4) is 0 Å². The van der Waals surface area contributed by atoms with E-state index in [4.69, 9.17) is 5.73 Å². The third-order valence-electron chi connectivity index (χ3n) is 3.41. The zero-order valence-corrected chi connectivity index (χ0v) is 12.0. The zero-order chi connectivity index (χ0) is 15.2. The van der Waals surface area contributed by atoms with Crippen LogP contribution in [-0.2, 0) is 0 Å². The molecule has 21 heavy (non-hydrogen) atoms. The van der Waals surface area contributed by atoms with Crippen molar-refractivity contribution in [2.75, 3.05) is 6.54 Å². The summed E-state index contributed by atoms with van der Waals surface area (Å²) >= 11 is 0.